The van der Waals surface area contributed by atoms with Gasteiger partial charge in [-0.25, -0.2) is 22.8 Å². The molecule has 1 saturated heterocycles. The summed E-state index contributed by atoms with van der Waals surface area (Å²) in [6, 6.07) is 5.86. The third-order valence-corrected chi connectivity index (χ3v) is 5.65. The summed E-state index contributed by atoms with van der Waals surface area (Å²) in [7, 11) is -3.44. The number of hydrogen-bond acceptors (Lipinski definition) is 5. The molecule has 1 aromatic carbocycles. The van der Waals surface area contributed by atoms with Gasteiger partial charge in [0.25, 0.3) is 0 Å². The third kappa shape index (κ3) is 4.24. The first-order valence-corrected chi connectivity index (χ1v) is 10.3. The Kier molecular flexibility index (Phi) is 5.31. The molecule has 1 atom stereocenters. The third-order valence-electron chi connectivity index (χ3n) is 4.54. The number of nitrogens with zero attached hydrogens (tertiary/aromatic N) is 3. The maximum atomic E-state index is 13.0. The fraction of sp³-hybridized carbons (Fsp3) is 0.389. The topological polar surface area (TPSA) is 80.2 Å². The number of benzene rings is 1. The molecule has 0 saturated carbocycles. The van der Waals surface area contributed by atoms with Crippen LogP contribution in [0, 0.1) is 5.82 Å². The minimum atomic E-state index is -3.44. The molecule has 1 aliphatic rings. The summed E-state index contributed by atoms with van der Waals surface area (Å²) in [6.07, 6.45) is 5.51. The van der Waals surface area contributed by atoms with E-state index in [4.69, 9.17) is 0 Å². The zero-order chi connectivity index (χ0) is 18.7. The van der Waals surface area contributed by atoms with Gasteiger partial charge >= 0.3 is 0 Å². The maximum absolute atomic E-state index is 13.0. The van der Waals surface area contributed by atoms with Crippen molar-refractivity contribution in [3.8, 4) is 0 Å². The number of piperidine rings is 1. The zero-order valence-corrected chi connectivity index (χ0v) is 15.2. The van der Waals surface area contributed by atoms with Gasteiger partial charge in [-0.1, -0.05) is 12.1 Å². The van der Waals surface area contributed by atoms with Gasteiger partial charge in [-0.3, -0.25) is 4.79 Å². The molecule has 0 aliphatic carbocycles. The van der Waals surface area contributed by atoms with Crippen LogP contribution in [0.4, 0.5) is 4.39 Å². The Morgan fingerprint density at radius 3 is 2.73 bits per heavy atom. The van der Waals surface area contributed by atoms with E-state index in [1.54, 1.807) is 17.0 Å². The summed E-state index contributed by atoms with van der Waals surface area (Å²) >= 11 is 0. The van der Waals surface area contributed by atoms with E-state index in [1.165, 1.54) is 24.7 Å². The molecule has 0 bridgehead atoms. The highest BCUT2D eigenvalue weighted by molar-refractivity contribution is 7.90. The van der Waals surface area contributed by atoms with Crippen molar-refractivity contribution in [2.75, 3.05) is 19.3 Å². The molecule has 0 N–H and O–H groups in total. The number of hydrogen-bond donors (Lipinski definition) is 0. The first-order chi connectivity index (χ1) is 12.3. The molecular weight excluding hydrogens is 357 g/mol. The predicted molar refractivity (Wildman–Crippen MR) is 93.8 cm³/mol. The quantitative estimate of drug-likeness (QED) is 0.814. The van der Waals surface area contributed by atoms with E-state index < -0.39 is 9.84 Å². The highest BCUT2D eigenvalue weighted by Crippen LogP contribution is 2.29. The Bertz CT molecular complexity index is 900. The molecule has 26 heavy (non-hydrogen) atoms. The van der Waals surface area contributed by atoms with E-state index in [2.05, 4.69) is 9.97 Å². The van der Waals surface area contributed by atoms with E-state index in [0.717, 1.165) is 24.7 Å². The second-order valence-electron chi connectivity index (χ2n) is 6.53. The number of sulfone groups is 1. The van der Waals surface area contributed by atoms with Gasteiger partial charge < -0.3 is 4.90 Å². The van der Waals surface area contributed by atoms with E-state index in [-0.39, 0.29) is 29.0 Å². The number of amides is 1. The number of rotatable bonds is 4. The fourth-order valence-corrected chi connectivity index (χ4v) is 4.09. The van der Waals surface area contributed by atoms with Gasteiger partial charge in [-0.05, 0) is 30.5 Å². The van der Waals surface area contributed by atoms with E-state index in [1.807, 2.05) is 0 Å². The summed E-state index contributed by atoms with van der Waals surface area (Å²) in [4.78, 5) is 22.5. The molecule has 1 aromatic heterocycles. The van der Waals surface area contributed by atoms with E-state index in [9.17, 15) is 17.6 Å². The maximum Gasteiger partial charge on any atom is 0.227 e. The van der Waals surface area contributed by atoms with Crippen molar-refractivity contribution in [3.05, 3.63) is 53.9 Å². The first-order valence-electron chi connectivity index (χ1n) is 8.37. The van der Waals surface area contributed by atoms with E-state index >= 15 is 0 Å². The van der Waals surface area contributed by atoms with Gasteiger partial charge in [0.2, 0.25) is 5.91 Å². The second kappa shape index (κ2) is 7.49. The van der Waals surface area contributed by atoms with Gasteiger partial charge in [0.1, 0.15) is 17.0 Å². The van der Waals surface area contributed by atoms with Gasteiger partial charge in [0.15, 0.2) is 9.84 Å². The van der Waals surface area contributed by atoms with Crippen LogP contribution in [-0.2, 0) is 21.1 Å². The highest BCUT2D eigenvalue weighted by Gasteiger charge is 2.29. The highest BCUT2D eigenvalue weighted by atomic mass is 32.2. The van der Waals surface area contributed by atoms with Crippen molar-refractivity contribution in [3.63, 3.8) is 0 Å². The molecule has 1 amide bonds. The van der Waals surface area contributed by atoms with Crippen molar-refractivity contribution >= 4 is 15.7 Å². The number of halogens is 1. The lowest BCUT2D eigenvalue weighted by atomic mass is 9.94. The van der Waals surface area contributed by atoms with Crippen LogP contribution >= 0.6 is 0 Å². The van der Waals surface area contributed by atoms with Crippen molar-refractivity contribution in [2.45, 2.75) is 30.1 Å². The lowest BCUT2D eigenvalue weighted by Crippen LogP contribution is -2.40. The summed E-state index contributed by atoms with van der Waals surface area (Å²) in [6.45, 7) is 1.04. The van der Waals surface area contributed by atoms with Crippen molar-refractivity contribution in [1.82, 2.24) is 14.9 Å². The molecule has 1 aliphatic heterocycles. The van der Waals surface area contributed by atoms with Gasteiger partial charge in [0, 0.05) is 31.5 Å². The Morgan fingerprint density at radius 2 is 2.04 bits per heavy atom. The summed E-state index contributed by atoms with van der Waals surface area (Å²) in [5.74, 6) is -0.541. The molecule has 1 fully saturated rings. The smallest absolute Gasteiger partial charge is 0.227 e. The first kappa shape index (κ1) is 18.4. The Morgan fingerprint density at radius 1 is 1.31 bits per heavy atom. The summed E-state index contributed by atoms with van der Waals surface area (Å²) in [5, 5.41) is 0. The molecule has 6 nitrogen and oxygen atoms in total. The van der Waals surface area contributed by atoms with Gasteiger partial charge in [-0.2, -0.15) is 0 Å². The standard InChI is InChI=1S/C18H20FN3O3S/c1-26(24,25)16-10-20-12-21-18(16)14-3-2-8-22(11-14)17(23)9-13-4-6-15(19)7-5-13/h4-7,10,12,14H,2-3,8-9,11H2,1H3/t14-/m0/s1. The fourth-order valence-electron chi connectivity index (χ4n) is 3.23. The van der Waals surface area contributed by atoms with Crippen molar-refractivity contribution < 1.29 is 17.6 Å². The molecular formula is C18H20FN3O3S. The predicted octanol–water partition coefficient (Wildman–Crippen LogP) is 1.97. The number of likely N-dealkylation sites (tertiary alicyclic amines) is 1. The largest absolute Gasteiger partial charge is 0.342 e. The van der Waals surface area contributed by atoms with Crippen molar-refractivity contribution in [2.24, 2.45) is 0 Å². The van der Waals surface area contributed by atoms with Crippen LogP contribution in [0.2, 0.25) is 0 Å². The summed E-state index contributed by atoms with van der Waals surface area (Å²) < 4.78 is 37.0. The minimum Gasteiger partial charge on any atom is -0.342 e. The minimum absolute atomic E-state index is 0.0590. The average Bonchev–Trinajstić information content (AvgIpc) is 2.63. The lowest BCUT2D eigenvalue weighted by Gasteiger charge is -2.33. The average molecular weight is 377 g/mol. The Labute approximate surface area is 152 Å². The molecule has 3 rings (SSSR count). The van der Waals surface area contributed by atoms with Crippen LogP contribution < -0.4 is 0 Å². The van der Waals surface area contributed by atoms with Crippen LogP contribution in [0.15, 0.2) is 41.7 Å². The monoisotopic (exact) mass is 377 g/mol. The number of carbonyl (C=O) groups excluding carboxylic acids is 1. The lowest BCUT2D eigenvalue weighted by molar-refractivity contribution is -0.131. The normalized spacial score (nSPS) is 17.9. The van der Waals surface area contributed by atoms with Crippen LogP contribution in [0.1, 0.15) is 30.0 Å². The number of aromatic nitrogens is 2. The zero-order valence-electron chi connectivity index (χ0n) is 14.4. The SMILES string of the molecule is CS(=O)(=O)c1cncnc1[C@H]1CCCN(C(=O)Cc2ccc(F)cc2)C1. The van der Waals surface area contributed by atoms with Crippen LogP contribution in [0.5, 0.6) is 0 Å². The Balaban J connectivity index is 1.76. The second-order valence-corrected chi connectivity index (χ2v) is 8.51. The molecule has 2 heterocycles. The molecule has 0 unspecified atom stereocenters. The molecule has 2 aromatic rings. The van der Waals surface area contributed by atoms with Crippen LogP contribution in [-0.4, -0.2) is 48.5 Å². The Hall–Kier alpha value is -2.35. The number of carbonyl (C=O) groups is 1. The van der Waals surface area contributed by atoms with Crippen molar-refractivity contribution in [1.29, 1.82) is 0 Å². The molecule has 0 radical (unpaired) electrons. The van der Waals surface area contributed by atoms with E-state index in [0.29, 0.717) is 18.8 Å². The molecule has 8 heteroatoms. The molecule has 0 spiro atoms. The molecule has 138 valence electrons. The van der Waals surface area contributed by atoms with Gasteiger partial charge in [0.05, 0.1) is 12.1 Å². The van der Waals surface area contributed by atoms with Crippen LogP contribution in [0.25, 0.3) is 0 Å². The van der Waals surface area contributed by atoms with Crippen LogP contribution in [0.3, 0.4) is 0 Å². The summed E-state index contributed by atoms with van der Waals surface area (Å²) in [5.41, 5.74) is 1.22. The van der Waals surface area contributed by atoms with Gasteiger partial charge in [-0.15, -0.1) is 0 Å².